The molecule has 0 radical (unpaired) electrons. The third-order valence-corrected chi connectivity index (χ3v) is 4.24. The van der Waals surface area contributed by atoms with Crippen LogP contribution in [0.5, 0.6) is 0 Å². The Balaban J connectivity index is 1.89. The third kappa shape index (κ3) is 3.51. The van der Waals surface area contributed by atoms with E-state index in [0.717, 1.165) is 31.7 Å². The van der Waals surface area contributed by atoms with E-state index in [-0.39, 0.29) is 9.92 Å². The van der Waals surface area contributed by atoms with E-state index in [4.69, 9.17) is 0 Å². The van der Waals surface area contributed by atoms with E-state index in [1.165, 1.54) is 24.2 Å². The molecule has 0 amide bonds. The van der Waals surface area contributed by atoms with Crippen LogP contribution in [0.1, 0.15) is 25.3 Å². The molecule has 0 aliphatic carbocycles. The highest BCUT2D eigenvalue weighted by Gasteiger charge is 2.18. The minimum absolute atomic E-state index is 0.236. The predicted octanol–water partition coefficient (Wildman–Crippen LogP) is 2.23. The van der Waals surface area contributed by atoms with Gasteiger partial charge in [0, 0.05) is 30.6 Å². The Morgan fingerprint density at radius 3 is 3.06 bits per heavy atom. The van der Waals surface area contributed by atoms with Crippen LogP contribution in [0, 0.1) is 10.1 Å². The van der Waals surface area contributed by atoms with Gasteiger partial charge in [0.15, 0.2) is 0 Å². The molecule has 1 saturated heterocycles. The molecule has 0 saturated carbocycles. The maximum absolute atomic E-state index is 10.6. The van der Waals surface area contributed by atoms with Crippen LogP contribution in [-0.4, -0.2) is 35.5 Å². The number of nitrogens with one attached hydrogen (secondary N) is 1. The van der Waals surface area contributed by atoms with E-state index in [1.807, 2.05) is 5.38 Å². The van der Waals surface area contributed by atoms with Gasteiger partial charge in [0.25, 0.3) is 0 Å². The first-order chi connectivity index (χ1) is 8.69. The molecule has 0 spiro atoms. The summed E-state index contributed by atoms with van der Waals surface area (Å²) in [7, 11) is 0. The van der Waals surface area contributed by atoms with Gasteiger partial charge in [0.1, 0.15) is 0 Å². The van der Waals surface area contributed by atoms with Gasteiger partial charge in [0.2, 0.25) is 0 Å². The summed E-state index contributed by atoms with van der Waals surface area (Å²) in [6.45, 7) is 6.06. The Kier molecular flexibility index (Phi) is 4.68. The van der Waals surface area contributed by atoms with Crippen LogP contribution in [-0.2, 0) is 6.54 Å². The molecular weight excluding hydrogens is 250 g/mol. The maximum Gasteiger partial charge on any atom is 0.324 e. The first-order valence-corrected chi connectivity index (χ1v) is 7.24. The van der Waals surface area contributed by atoms with Crippen molar-refractivity contribution >= 4 is 16.3 Å². The summed E-state index contributed by atoms with van der Waals surface area (Å²) in [6, 6.07) is 2.27. The number of hydrogen-bond donors (Lipinski definition) is 1. The summed E-state index contributed by atoms with van der Waals surface area (Å²) in [5, 5.41) is 16.3. The van der Waals surface area contributed by atoms with Crippen LogP contribution in [0.15, 0.2) is 11.4 Å². The molecule has 0 aromatic carbocycles. The molecule has 5 nitrogen and oxygen atoms in total. The number of thiophene rings is 1. The fraction of sp³-hybridized carbons (Fsp3) is 0.667. The van der Waals surface area contributed by atoms with Gasteiger partial charge >= 0.3 is 5.00 Å². The van der Waals surface area contributed by atoms with Gasteiger partial charge in [-0.2, -0.15) is 0 Å². The van der Waals surface area contributed by atoms with Gasteiger partial charge in [-0.15, -0.1) is 0 Å². The smallest absolute Gasteiger partial charge is 0.313 e. The van der Waals surface area contributed by atoms with Gasteiger partial charge in [-0.05, 0) is 31.5 Å². The molecule has 0 bridgehead atoms. The van der Waals surface area contributed by atoms with Gasteiger partial charge in [-0.1, -0.05) is 18.3 Å². The Morgan fingerprint density at radius 2 is 2.50 bits per heavy atom. The van der Waals surface area contributed by atoms with Crippen molar-refractivity contribution in [2.75, 3.05) is 19.6 Å². The predicted molar refractivity (Wildman–Crippen MR) is 72.9 cm³/mol. The van der Waals surface area contributed by atoms with Crippen LogP contribution in [0.2, 0.25) is 0 Å². The lowest BCUT2D eigenvalue weighted by Crippen LogP contribution is -2.37. The van der Waals surface area contributed by atoms with E-state index in [1.54, 1.807) is 6.07 Å². The van der Waals surface area contributed by atoms with E-state index >= 15 is 0 Å². The maximum atomic E-state index is 10.6. The van der Waals surface area contributed by atoms with E-state index < -0.39 is 0 Å². The quantitative estimate of drug-likeness (QED) is 0.635. The summed E-state index contributed by atoms with van der Waals surface area (Å²) in [5.74, 6) is 0. The largest absolute Gasteiger partial charge is 0.324 e. The van der Waals surface area contributed by atoms with Crippen molar-refractivity contribution in [2.24, 2.45) is 0 Å². The van der Waals surface area contributed by atoms with Gasteiger partial charge in [-0.25, -0.2) is 0 Å². The fourth-order valence-electron chi connectivity index (χ4n) is 2.33. The highest BCUT2D eigenvalue weighted by atomic mass is 32.1. The zero-order chi connectivity index (χ0) is 13.0. The average Bonchev–Trinajstić information content (AvgIpc) is 2.99. The highest BCUT2D eigenvalue weighted by Crippen LogP contribution is 2.23. The van der Waals surface area contributed by atoms with Crippen molar-refractivity contribution in [3.05, 3.63) is 27.1 Å². The summed E-state index contributed by atoms with van der Waals surface area (Å²) >= 11 is 1.21. The molecule has 2 rings (SSSR count). The molecule has 100 valence electrons. The number of nitrogens with zero attached hydrogens (tertiary/aromatic N) is 2. The summed E-state index contributed by atoms with van der Waals surface area (Å²) in [6.07, 6.45) is 2.49. The second-order valence-electron chi connectivity index (χ2n) is 4.67. The van der Waals surface area contributed by atoms with Crippen LogP contribution in [0.4, 0.5) is 5.00 Å². The Hall–Kier alpha value is -0.980. The van der Waals surface area contributed by atoms with Crippen LogP contribution < -0.4 is 5.32 Å². The van der Waals surface area contributed by atoms with E-state index in [2.05, 4.69) is 17.1 Å². The highest BCUT2D eigenvalue weighted by molar-refractivity contribution is 7.13. The molecule has 6 heteroatoms. The van der Waals surface area contributed by atoms with Gasteiger partial charge < -0.3 is 5.32 Å². The lowest BCUT2D eigenvalue weighted by atomic mass is 10.2. The first kappa shape index (κ1) is 13.5. The van der Waals surface area contributed by atoms with Gasteiger partial charge in [-0.3, -0.25) is 15.0 Å². The molecule has 1 atom stereocenters. The molecule has 1 unspecified atom stereocenters. The first-order valence-electron chi connectivity index (χ1n) is 6.36. The number of rotatable bonds is 6. The number of likely N-dealkylation sites (N-methyl/N-ethyl adjacent to an activating group) is 1. The Labute approximate surface area is 111 Å². The summed E-state index contributed by atoms with van der Waals surface area (Å²) in [5.41, 5.74) is 1.05. The molecule has 1 fully saturated rings. The van der Waals surface area contributed by atoms with E-state index in [9.17, 15) is 10.1 Å². The van der Waals surface area contributed by atoms with Crippen molar-refractivity contribution in [2.45, 2.75) is 32.4 Å². The average molecular weight is 269 g/mol. The molecule has 1 N–H and O–H groups in total. The molecule has 18 heavy (non-hydrogen) atoms. The third-order valence-electron chi connectivity index (χ3n) is 3.31. The normalized spacial score (nSPS) is 19.6. The Bertz CT molecular complexity index is 402. The standard InChI is InChI=1S/C12H19N3O2S/c1-2-14(8-11-4-3-5-13-11)7-10-6-12(15(16)17)18-9-10/h6,9,11,13H,2-5,7-8H2,1H3. The zero-order valence-electron chi connectivity index (χ0n) is 10.6. The molecule has 1 aromatic rings. The van der Waals surface area contributed by atoms with Crippen molar-refractivity contribution in [1.29, 1.82) is 0 Å². The van der Waals surface area contributed by atoms with Crippen molar-refractivity contribution < 1.29 is 4.92 Å². The van der Waals surface area contributed by atoms with E-state index in [0.29, 0.717) is 6.04 Å². The molecule has 1 aliphatic rings. The van der Waals surface area contributed by atoms with Gasteiger partial charge in [0.05, 0.1) is 4.92 Å². The summed E-state index contributed by atoms with van der Waals surface area (Å²) < 4.78 is 0. The topological polar surface area (TPSA) is 58.4 Å². The Morgan fingerprint density at radius 1 is 1.67 bits per heavy atom. The number of nitro groups is 1. The fourth-order valence-corrected chi connectivity index (χ4v) is 3.05. The lowest BCUT2D eigenvalue weighted by Gasteiger charge is -2.23. The lowest BCUT2D eigenvalue weighted by molar-refractivity contribution is -0.380. The minimum Gasteiger partial charge on any atom is -0.313 e. The SMILES string of the molecule is CCN(Cc1csc([N+](=O)[O-])c1)CC1CCCN1. The summed E-state index contributed by atoms with van der Waals surface area (Å²) in [4.78, 5) is 12.7. The number of hydrogen-bond acceptors (Lipinski definition) is 5. The van der Waals surface area contributed by atoms with Crippen molar-refractivity contribution in [3.8, 4) is 0 Å². The van der Waals surface area contributed by atoms with Crippen LogP contribution >= 0.6 is 11.3 Å². The van der Waals surface area contributed by atoms with Crippen LogP contribution in [0.25, 0.3) is 0 Å². The molecule has 2 heterocycles. The second-order valence-corrected chi connectivity index (χ2v) is 5.56. The zero-order valence-corrected chi connectivity index (χ0v) is 11.4. The molecule has 1 aliphatic heterocycles. The minimum atomic E-state index is -0.316. The van der Waals surface area contributed by atoms with Crippen molar-refractivity contribution in [1.82, 2.24) is 10.2 Å². The molecule has 1 aromatic heterocycles. The molecular formula is C12H19N3O2S. The van der Waals surface area contributed by atoms with Crippen molar-refractivity contribution in [3.63, 3.8) is 0 Å². The monoisotopic (exact) mass is 269 g/mol. The second kappa shape index (κ2) is 6.26. The van der Waals surface area contributed by atoms with Crippen LogP contribution in [0.3, 0.4) is 0 Å².